The number of aliphatic carboxylic acids is 1. The van der Waals surface area contributed by atoms with Gasteiger partial charge in [-0.05, 0) is 44.1 Å². The van der Waals surface area contributed by atoms with E-state index in [0.29, 0.717) is 5.25 Å². The van der Waals surface area contributed by atoms with E-state index in [9.17, 15) is 4.79 Å². The van der Waals surface area contributed by atoms with Crippen molar-refractivity contribution in [3.8, 4) is 0 Å². The minimum atomic E-state index is -0.699. The fraction of sp³-hybridized carbons (Fsp3) is 0.917. The first-order valence-electron chi connectivity index (χ1n) is 6.21. The zero-order valence-electron chi connectivity index (χ0n) is 10.2. The molecule has 1 spiro atoms. The van der Waals surface area contributed by atoms with Crippen molar-refractivity contribution in [3.63, 3.8) is 0 Å². The molecule has 5 heteroatoms. The second-order valence-corrected chi connectivity index (χ2v) is 7.75. The number of thioether (sulfide) groups is 2. The topological polar surface area (TPSA) is 46.5 Å². The molecule has 0 aliphatic carbocycles. The summed E-state index contributed by atoms with van der Waals surface area (Å²) in [5, 5.41) is 9.12. The molecular formula is C12H20O3S2. The van der Waals surface area contributed by atoms with Gasteiger partial charge in [-0.2, -0.15) is 11.8 Å². The van der Waals surface area contributed by atoms with Gasteiger partial charge in [-0.3, -0.25) is 4.79 Å². The van der Waals surface area contributed by atoms with Gasteiger partial charge in [-0.15, -0.1) is 11.8 Å². The zero-order valence-corrected chi connectivity index (χ0v) is 11.8. The van der Waals surface area contributed by atoms with Crippen LogP contribution in [-0.4, -0.2) is 45.3 Å². The molecule has 0 aromatic rings. The molecule has 2 heterocycles. The SMILES string of the molecule is CC(SC1CCOC2(CCSCC2)C1)C(=O)O. The van der Waals surface area contributed by atoms with E-state index in [1.807, 2.05) is 11.8 Å². The quantitative estimate of drug-likeness (QED) is 0.858. The summed E-state index contributed by atoms with van der Waals surface area (Å²) in [4.78, 5) is 10.9. The van der Waals surface area contributed by atoms with Gasteiger partial charge < -0.3 is 9.84 Å². The van der Waals surface area contributed by atoms with Crippen molar-refractivity contribution in [1.29, 1.82) is 0 Å². The van der Waals surface area contributed by atoms with E-state index in [1.54, 1.807) is 18.7 Å². The predicted molar refractivity (Wildman–Crippen MR) is 73.0 cm³/mol. The summed E-state index contributed by atoms with van der Waals surface area (Å²) in [6, 6.07) is 0. The van der Waals surface area contributed by atoms with Gasteiger partial charge in [0.2, 0.25) is 0 Å². The fourth-order valence-corrected chi connectivity index (χ4v) is 5.10. The number of rotatable bonds is 3. The highest BCUT2D eigenvalue weighted by atomic mass is 32.2. The summed E-state index contributed by atoms with van der Waals surface area (Å²) in [6.45, 7) is 2.58. The van der Waals surface area contributed by atoms with Crippen molar-refractivity contribution < 1.29 is 14.6 Å². The summed E-state index contributed by atoms with van der Waals surface area (Å²) in [7, 11) is 0. The molecule has 0 aromatic carbocycles. The maximum absolute atomic E-state index is 10.9. The Morgan fingerprint density at radius 3 is 2.88 bits per heavy atom. The molecule has 0 radical (unpaired) electrons. The molecule has 2 aliphatic rings. The lowest BCUT2D eigenvalue weighted by Crippen LogP contribution is -2.44. The molecule has 0 saturated carbocycles. The van der Waals surface area contributed by atoms with E-state index in [4.69, 9.17) is 9.84 Å². The van der Waals surface area contributed by atoms with Crippen LogP contribution in [0.2, 0.25) is 0 Å². The molecule has 2 atom stereocenters. The van der Waals surface area contributed by atoms with Crippen LogP contribution < -0.4 is 0 Å². The van der Waals surface area contributed by atoms with E-state index in [1.165, 1.54) is 11.5 Å². The number of hydrogen-bond acceptors (Lipinski definition) is 4. The molecule has 2 rings (SSSR count). The predicted octanol–water partition coefficient (Wildman–Crippen LogP) is 2.64. The van der Waals surface area contributed by atoms with E-state index in [2.05, 4.69) is 0 Å². The lowest BCUT2D eigenvalue weighted by atomic mass is 9.88. The Morgan fingerprint density at radius 1 is 1.53 bits per heavy atom. The van der Waals surface area contributed by atoms with Crippen LogP contribution in [0.25, 0.3) is 0 Å². The second-order valence-electron chi connectivity index (χ2n) is 4.88. The third-order valence-corrected chi connectivity index (χ3v) is 5.98. The average molecular weight is 276 g/mol. The monoisotopic (exact) mass is 276 g/mol. The highest BCUT2D eigenvalue weighted by Crippen LogP contribution is 2.41. The largest absolute Gasteiger partial charge is 0.480 e. The molecule has 2 unspecified atom stereocenters. The molecule has 98 valence electrons. The van der Waals surface area contributed by atoms with Gasteiger partial charge in [0.1, 0.15) is 0 Å². The summed E-state index contributed by atoms with van der Waals surface area (Å²) >= 11 is 3.61. The van der Waals surface area contributed by atoms with Crippen LogP contribution in [0.4, 0.5) is 0 Å². The zero-order chi connectivity index (χ0) is 12.3. The molecule has 3 nitrogen and oxygen atoms in total. The Morgan fingerprint density at radius 2 is 2.24 bits per heavy atom. The molecule has 17 heavy (non-hydrogen) atoms. The Labute approximate surface area is 111 Å². The van der Waals surface area contributed by atoms with Crippen molar-refractivity contribution in [1.82, 2.24) is 0 Å². The van der Waals surface area contributed by atoms with Gasteiger partial charge in [0.15, 0.2) is 0 Å². The Hall–Kier alpha value is 0.130. The number of ether oxygens (including phenoxy) is 1. The van der Waals surface area contributed by atoms with Crippen molar-refractivity contribution in [2.75, 3.05) is 18.1 Å². The van der Waals surface area contributed by atoms with Crippen molar-refractivity contribution in [3.05, 3.63) is 0 Å². The van der Waals surface area contributed by atoms with E-state index in [-0.39, 0.29) is 10.9 Å². The fourth-order valence-electron chi connectivity index (χ4n) is 2.54. The van der Waals surface area contributed by atoms with Crippen LogP contribution >= 0.6 is 23.5 Å². The molecule has 2 saturated heterocycles. The van der Waals surface area contributed by atoms with Crippen LogP contribution in [0.5, 0.6) is 0 Å². The first-order valence-corrected chi connectivity index (χ1v) is 8.31. The lowest BCUT2D eigenvalue weighted by Gasteiger charge is -2.43. The third-order valence-electron chi connectivity index (χ3n) is 3.60. The maximum Gasteiger partial charge on any atom is 0.316 e. The molecule has 0 amide bonds. The van der Waals surface area contributed by atoms with Crippen molar-refractivity contribution >= 4 is 29.5 Å². The van der Waals surface area contributed by atoms with Gasteiger partial charge in [0.25, 0.3) is 0 Å². The summed E-state index contributed by atoms with van der Waals surface area (Å²) in [6.07, 6.45) is 4.30. The molecule has 0 bridgehead atoms. The Bertz CT molecular complexity index is 271. The first-order chi connectivity index (χ1) is 8.11. The maximum atomic E-state index is 10.9. The Balaban J connectivity index is 1.90. The third kappa shape index (κ3) is 3.55. The van der Waals surface area contributed by atoms with Crippen molar-refractivity contribution in [2.24, 2.45) is 0 Å². The van der Waals surface area contributed by atoms with Crippen LogP contribution in [0.15, 0.2) is 0 Å². The van der Waals surface area contributed by atoms with Gasteiger partial charge in [0, 0.05) is 11.9 Å². The first kappa shape index (κ1) is 13.6. The van der Waals surface area contributed by atoms with Crippen LogP contribution in [-0.2, 0) is 9.53 Å². The van der Waals surface area contributed by atoms with Crippen molar-refractivity contribution in [2.45, 2.75) is 48.7 Å². The Kier molecular flexibility index (Phi) is 4.66. The molecule has 1 N–H and O–H groups in total. The lowest BCUT2D eigenvalue weighted by molar-refractivity contribution is -0.136. The summed E-state index contributed by atoms with van der Waals surface area (Å²) < 4.78 is 6.00. The average Bonchev–Trinajstić information content (AvgIpc) is 2.30. The second kappa shape index (κ2) is 5.85. The molecule has 0 aromatic heterocycles. The number of carboxylic acid groups (broad SMARTS) is 1. The minimum Gasteiger partial charge on any atom is -0.480 e. The van der Waals surface area contributed by atoms with Crippen LogP contribution in [0.1, 0.15) is 32.6 Å². The van der Waals surface area contributed by atoms with Crippen LogP contribution in [0.3, 0.4) is 0 Å². The van der Waals surface area contributed by atoms with E-state index in [0.717, 1.165) is 32.3 Å². The molecule has 2 fully saturated rings. The highest BCUT2D eigenvalue weighted by molar-refractivity contribution is 8.01. The van der Waals surface area contributed by atoms with Gasteiger partial charge in [-0.1, -0.05) is 0 Å². The summed E-state index contributed by atoms with van der Waals surface area (Å²) in [5.41, 5.74) is 0.0688. The minimum absolute atomic E-state index is 0.0688. The number of carboxylic acids is 1. The smallest absolute Gasteiger partial charge is 0.316 e. The van der Waals surface area contributed by atoms with E-state index < -0.39 is 5.97 Å². The summed E-state index contributed by atoms with van der Waals surface area (Å²) in [5.74, 6) is 1.67. The normalized spacial score (nSPS) is 30.1. The standard InChI is InChI=1S/C12H20O3S2/c1-9(11(13)14)17-10-2-5-15-12(8-10)3-6-16-7-4-12/h9-10H,2-8H2,1H3,(H,13,14). The number of hydrogen-bond donors (Lipinski definition) is 1. The highest BCUT2D eigenvalue weighted by Gasteiger charge is 2.39. The van der Waals surface area contributed by atoms with Gasteiger partial charge in [0.05, 0.1) is 10.9 Å². The molecule has 2 aliphatic heterocycles. The van der Waals surface area contributed by atoms with Crippen LogP contribution in [0, 0.1) is 0 Å². The molecular weight excluding hydrogens is 256 g/mol. The van der Waals surface area contributed by atoms with Gasteiger partial charge >= 0.3 is 5.97 Å². The number of carbonyl (C=O) groups is 1. The van der Waals surface area contributed by atoms with E-state index >= 15 is 0 Å². The van der Waals surface area contributed by atoms with Gasteiger partial charge in [-0.25, -0.2) is 0 Å².